The van der Waals surface area contributed by atoms with E-state index in [0.717, 1.165) is 61.6 Å². The molecule has 9 nitrogen and oxygen atoms in total. The smallest absolute Gasteiger partial charge is 0.157 e. The fraction of sp³-hybridized carbons (Fsp3) is 0.333. The second-order valence-electron chi connectivity index (χ2n) is 8.65. The van der Waals surface area contributed by atoms with Crippen molar-refractivity contribution in [2.75, 3.05) is 12.4 Å². The van der Waals surface area contributed by atoms with Gasteiger partial charge >= 0.3 is 0 Å². The van der Waals surface area contributed by atoms with Crippen LogP contribution in [-0.2, 0) is 7.05 Å². The summed E-state index contributed by atoms with van der Waals surface area (Å²) in [5.74, 6) is 3.95. The van der Waals surface area contributed by atoms with Crippen LogP contribution < -0.4 is 10.1 Å². The fourth-order valence-electron chi connectivity index (χ4n) is 4.40. The first-order valence-electron chi connectivity index (χ1n) is 10.9. The lowest BCUT2D eigenvalue weighted by Gasteiger charge is -2.11. The van der Waals surface area contributed by atoms with E-state index in [2.05, 4.69) is 45.5 Å². The van der Waals surface area contributed by atoms with Gasteiger partial charge in [-0.15, -0.1) is 0 Å². The van der Waals surface area contributed by atoms with Crippen molar-refractivity contribution in [3.05, 3.63) is 41.2 Å². The van der Waals surface area contributed by atoms with Crippen LogP contribution in [-0.4, -0.2) is 37.0 Å². The number of H-pyrrole nitrogens is 1. The highest BCUT2D eigenvalue weighted by atomic mass is 16.5. The van der Waals surface area contributed by atoms with Crippen LogP contribution in [0.3, 0.4) is 0 Å². The van der Waals surface area contributed by atoms with Gasteiger partial charge in [-0.3, -0.25) is 4.68 Å². The Kier molecular flexibility index (Phi) is 4.84. The highest BCUT2D eigenvalue weighted by Gasteiger charge is 2.21. The molecule has 33 heavy (non-hydrogen) atoms. The minimum atomic E-state index is 0.320. The Morgan fingerprint density at radius 3 is 2.58 bits per heavy atom. The Bertz CT molecular complexity index is 1490. The number of nitrogens with zero attached hydrogens (tertiary/aromatic N) is 5. The monoisotopic (exact) mass is 445 g/mol. The normalized spacial score (nSPS) is 11.8. The number of nitrogens with one attached hydrogen (secondary N) is 2. The largest absolute Gasteiger partial charge is 0.496 e. The molecule has 0 aliphatic carbocycles. The molecule has 170 valence electrons. The van der Waals surface area contributed by atoms with Gasteiger partial charge < -0.3 is 19.6 Å². The standard InChI is InChI=1S/C24H27N7O2/c1-11(2)17-10-31(6)29-22(17)28-24-21-15-9-19(32-7)16(20-12(3)30-33-13(20)4)8-18(15)27-23(21)25-14(5)26-24/h8-11H,1-7H3,(H2,25,26,27,28,29). The molecule has 0 saturated heterocycles. The Morgan fingerprint density at radius 2 is 1.91 bits per heavy atom. The third-order valence-corrected chi connectivity index (χ3v) is 5.90. The molecule has 0 atom stereocenters. The van der Waals surface area contributed by atoms with E-state index >= 15 is 0 Å². The molecule has 4 aromatic heterocycles. The van der Waals surface area contributed by atoms with Crippen LogP contribution in [0.25, 0.3) is 33.1 Å². The van der Waals surface area contributed by atoms with Gasteiger partial charge in [-0.25, -0.2) is 9.97 Å². The van der Waals surface area contributed by atoms with Gasteiger partial charge in [0, 0.05) is 35.3 Å². The van der Waals surface area contributed by atoms with Gasteiger partial charge in [0.2, 0.25) is 0 Å². The number of rotatable bonds is 5. The minimum Gasteiger partial charge on any atom is -0.496 e. The molecule has 5 aromatic rings. The van der Waals surface area contributed by atoms with E-state index in [0.29, 0.717) is 17.6 Å². The van der Waals surface area contributed by atoms with E-state index in [1.165, 1.54) is 0 Å². The van der Waals surface area contributed by atoms with Crippen molar-refractivity contribution in [1.29, 1.82) is 0 Å². The maximum absolute atomic E-state index is 5.78. The van der Waals surface area contributed by atoms with Crippen LogP contribution in [0.5, 0.6) is 5.75 Å². The average molecular weight is 446 g/mol. The highest BCUT2D eigenvalue weighted by Crippen LogP contribution is 2.41. The summed E-state index contributed by atoms with van der Waals surface area (Å²) in [4.78, 5) is 12.8. The number of fused-ring (bicyclic) bond motifs is 3. The molecule has 4 heterocycles. The van der Waals surface area contributed by atoms with Crippen molar-refractivity contribution in [1.82, 2.24) is 29.9 Å². The molecule has 0 bridgehead atoms. The van der Waals surface area contributed by atoms with E-state index in [9.17, 15) is 0 Å². The molecule has 0 spiro atoms. The lowest BCUT2D eigenvalue weighted by Crippen LogP contribution is -2.01. The molecule has 0 aliphatic heterocycles. The minimum absolute atomic E-state index is 0.320. The SMILES string of the molecule is COc1cc2c(cc1-c1c(C)noc1C)[nH]c1nc(C)nc(Nc3nn(C)cc3C(C)C)c12. The zero-order valence-electron chi connectivity index (χ0n) is 19.9. The summed E-state index contributed by atoms with van der Waals surface area (Å²) >= 11 is 0. The topological polar surface area (TPSA) is 107 Å². The third-order valence-electron chi connectivity index (χ3n) is 5.90. The number of methoxy groups -OCH3 is 1. The summed E-state index contributed by atoms with van der Waals surface area (Å²) in [6, 6.07) is 4.07. The molecule has 2 N–H and O–H groups in total. The Morgan fingerprint density at radius 1 is 1.12 bits per heavy atom. The van der Waals surface area contributed by atoms with Crippen molar-refractivity contribution in [2.45, 2.75) is 40.5 Å². The molecule has 0 saturated carbocycles. The zero-order chi connectivity index (χ0) is 23.4. The number of aromatic amines is 1. The number of aryl methyl sites for hydroxylation is 4. The van der Waals surface area contributed by atoms with Crippen molar-refractivity contribution in [3.63, 3.8) is 0 Å². The first-order chi connectivity index (χ1) is 15.8. The Balaban J connectivity index is 1.75. The van der Waals surface area contributed by atoms with Gasteiger partial charge in [-0.1, -0.05) is 19.0 Å². The predicted octanol–water partition coefficient (Wildman–Crippen LogP) is 5.30. The molecule has 0 radical (unpaired) electrons. The second-order valence-corrected chi connectivity index (χ2v) is 8.65. The van der Waals surface area contributed by atoms with E-state index in [4.69, 9.17) is 14.2 Å². The van der Waals surface area contributed by atoms with E-state index in [-0.39, 0.29) is 0 Å². The van der Waals surface area contributed by atoms with Crippen LogP contribution in [0, 0.1) is 20.8 Å². The Hall–Kier alpha value is -3.88. The number of ether oxygens (including phenoxy) is 1. The first kappa shape index (κ1) is 21.0. The lowest BCUT2D eigenvalue weighted by molar-refractivity contribution is 0.393. The van der Waals surface area contributed by atoms with Gasteiger partial charge in [-0.05, 0) is 38.8 Å². The maximum Gasteiger partial charge on any atom is 0.157 e. The molecule has 0 fully saturated rings. The quantitative estimate of drug-likeness (QED) is 0.378. The predicted molar refractivity (Wildman–Crippen MR) is 128 cm³/mol. The van der Waals surface area contributed by atoms with Crippen LogP contribution >= 0.6 is 0 Å². The second kappa shape index (κ2) is 7.61. The number of benzene rings is 1. The summed E-state index contributed by atoms with van der Waals surface area (Å²) in [5.41, 5.74) is 5.46. The van der Waals surface area contributed by atoms with Crippen molar-refractivity contribution in [3.8, 4) is 16.9 Å². The molecule has 0 aliphatic rings. The van der Waals surface area contributed by atoms with Crippen molar-refractivity contribution >= 4 is 33.6 Å². The number of hydrogen-bond donors (Lipinski definition) is 2. The average Bonchev–Trinajstić information content (AvgIpc) is 3.40. The van der Waals surface area contributed by atoms with E-state index < -0.39 is 0 Å². The van der Waals surface area contributed by atoms with Gasteiger partial charge in [-0.2, -0.15) is 5.10 Å². The van der Waals surface area contributed by atoms with E-state index in [1.54, 1.807) is 7.11 Å². The number of anilines is 2. The van der Waals surface area contributed by atoms with Crippen LogP contribution in [0.2, 0.25) is 0 Å². The third kappa shape index (κ3) is 3.40. The molecule has 0 unspecified atom stereocenters. The first-order valence-corrected chi connectivity index (χ1v) is 10.9. The lowest BCUT2D eigenvalue weighted by atomic mass is 10.0. The number of hydrogen-bond acceptors (Lipinski definition) is 7. The summed E-state index contributed by atoms with van der Waals surface area (Å²) in [6.07, 6.45) is 2.03. The zero-order valence-corrected chi connectivity index (χ0v) is 19.9. The molecule has 0 amide bonds. The van der Waals surface area contributed by atoms with Gasteiger partial charge in [0.05, 0.1) is 23.8 Å². The van der Waals surface area contributed by atoms with Gasteiger partial charge in [0.25, 0.3) is 0 Å². The molecule has 9 heteroatoms. The van der Waals surface area contributed by atoms with Gasteiger partial charge in [0.1, 0.15) is 28.8 Å². The summed E-state index contributed by atoms with van der Waals surface area (Å²) in [7, 11) is 3.59. The Labute approximate surface area is 191 Å². The summed E-state index contributed by atoms with van der Waals surface area (Å²) < 4.78 is 13.0. The van der Waals surface area contributed by atoms with Gasteiger partial charge in [0.15, 0.2) is 5.82 Å². The summed E-state index contributed by atoms with van der Waals surface area (Å²) in [5, 5.41) is 14.0. The van der Waals surface area contributed by atoms with E-state index in [1.807, 2.05) is 44.8 Å². The maximum atomic E-state index is 5.78. The highest BCUT2D eigenvalue weighted by molar-refractivity contribution is 6.13. The molecule has 1 aromatic carbocycles. The molecular formula is C24H27N7O2. The van der Waals surface area contributed by atoms with Crippen molar-refractivity contribution in [2.24, 2.45) is 7.05 Å². The van der Waals surface area contributed by atoms with Crippen LogP contribution in [0.4, 0.5) is 11.6 Å². The molecule has 5 rings (SSSR count). The van der Waals surface area contributed by atoms with Crippen LogP contribution in [0.15, 0.2) is 22.9 Å². The number of aromatic nitrogens is 6. The molecular weight excluding hydrogens is 418 g/mol. The van der Waals surface area contributed by atoms with Crippen molar-refractivity contribution < 1.29 is 9.26 Å². The van der Waals surface area contributed by atoms with Crippen LogP contribution in [0.1, 0.15) is 42.6 Å². The fourth-order valence-corrected chi connectivity index (χ4v) is 4.40. The summed E-state index contributed by atoms with van der Waals surface area (Å²) in [6.45, 7) is 10.0.